The minimum Gasteiger partial charge on any atom is -0.326 e. The second kappa shape index (κ2) is 6.69. The lowest BCUT2D eigenvalue weighted by Crippen LogP contribution is -2.20. The van der Waals surface area contributed by atoms with Crippen molar-refractivity contribution in [3.63, 3.8) is 0 Å². The van der Waals surface area contributed by atoms with Crippen LogP contribution in [0.5, 0.6) is 0 Å². The van der Waals surface area contributed by atoms with Gasteiger partial charge in [-0.3, -0.25) is 9.59 Å². The Balaban J connectivity index is 2.20. The highest BCUT2D eigenvalue weighted by Gasteiger charge is 2.21. The lowest BCUT2D eigenvalue weighted by Gasteiger charge is -2.19. The van der Waals surface area contributed by atoms with E-state index in [4.69, 9.17) is 0 Å². The monoisotopic (exact) mass is 273 g/mol. The Morgan fingerprint density at radius 3 is 2.55 bits per heavy atom. The van der Waals surface area contributed by atoms with Gasteiger partial charge in [0.1, 0.15) is 0 Å². The first-order chi connectivity index (χ1) is 9.65. The van der Waals surface area contributed by atoms with E-state index >= 15 is 0 Å². The van der Waals surface area contributed by atoms with Crippen molar-refractivity contribution < 1.29 is 9.59 Å². The normalized spacial score (nSPS) is 14.1. The van der Waals surface area contributed by atoms with Crippen LogP contribution in [0, 0.1) is 5.92 Å². The van der Waals surface area contributed by atoms with Gasteiger partial charge in [-0.25, -0.2) is 0 Å². The molecule has 1 heterocycles. The Morgan fingerprint density at radius 2 is 1.90 bits per heavy atom. The van der Waals surface area contributed by atoms with Crippen molar-refractivity contribution in [3.05, 3.63) is 29.3 Å². The summed E-state index contributed by atoms with van der Waals surface area (Å²) in [6.45, 7) is 4.25. The third kappa shape index (κ3) is 3.27. The fourth-order valence-electron chi connectivity index (χ4n) is 2.88. The third-order valence-corrected chi connectivity index (χ3v) is 3.93. The predicted molar refractivity (Wildman–Crippen MR) is 81.0 cm³/mol. The van der Waals surface area contributed by atoms with Crippen molar-refractivity contribution in [2.75, 3.05) is 5.32 Å². The number of ketones is 1. The molecule has 0 saturated heterocycles. The fourth-order valence-corrected chi connectivity index (χ4v) is 2.88. The van der Waals surface area contributed by atoms with Crippen molar-refractivity contribution in [1.82, 2.24) is 0 Å². The molecule has 0 unspecified atom stereocenters. The molecule has 3 nitrogen and oxygen atoms in total. The van der Waals surface area contributed by atoms with Gasteiger partial charge in [0.25, 0.3) is 0 Å². The van der Waals surface area contributed by atoms with E-state index in [2.05, 4.69) is 19.2 Å². The standard InChI is InChI=1S/C17H23NO2/c1-3-5-12(6-4-2)17(20)14-7-9-15-13(11-14)8-10-16(19)18-15/h7,9,11-12H,3-6,8,10H2,1-2H3,(H,18,19). The molecule has 20 heavy (non-hydrogen) atoms. The van der Waals surface area contributed by atoms with Gasteiger partial charge in [-0.1, -0.05) is 26.7 Å². The molecular weight excluding hydrogens is 250 g/mol. The summed E-state index contributed by atoms with van der Waals surface area (Å²) in [6, 6.07) is 5.69. The summed E-state index contributed by atoms with van der Waals surface area (Å²) in [5, 5.41) is 2.86. The van der Waals surface area contributed by atoms with Crippen LogP contribution in [0.1, 0.15) is 61.9 Å². The summed E-state index contributed by atoms with van der Waals surface area (Å²) in [7, 11) is 0. The lowest BCUT2D eigenvalue weighted by molar-refractivity contribution is -0.116. The molecular formula is C17H23NO2. The minimum atomic E-state index is 0.0615. The molecule has 1 amide bonds. The highest BCUT2D eigenvalue weighted by Crippen LogP contribution is 2.26. The molecule has 2 rings (SSSR count). The number of aryl methyl sites for hydroxylation is 1. The first kappa shape index (κ1) is 14.8. The van der Waals surface area contributed by atoms with Gasteiger partial charge >= 0.3 is 0 Å². The lowest BCUT2D eigenvalue weighted by atomic mass is 9.88. The van der Waals surface area contributed by atoms with E-state index in [1.54, 1.807) is 0 Å². The van der Waals surface area contributed by atoms with Crippen LogP contribution in [-0.2, 0) is 11.2 Å². The molecule has 0 aromatic heterocycles. The zero-order chi connectivity index (χ0) is 14.5. The van der Waals surface area contributed by atoms with E-state index < -0.39 is 0 Å². The number of fused-ring (bicyclic) bond motifs is 1. The molecule has 0 radical (unpaired) electrons. The topological polar surface area (TPSA) is 46.2 Å². The van der Waals surface area contributed by atoms with Crippen LogP contribution in [0.3, 0.4) is 0 Å². The van der Waals surface area contributed by atoms with Gasteiger partial charge in [0.2, 0.25) is 5.91 Å². The van der Waals surface area contributed by atoms with Crippen molar-refractivity contribution in [2.24, 2.45) is 5.92 Å². The van der Waals surface area contributed by atoms with Crippen LogP contribution in [0.25, 0.3) is 0 Å². The Hall–Kier alpha value is -1.64. The number of amides is 1. The molecule has 0 saturated carbocycles. The van der Waals surface area contributed by atoms with Gasteiger partial charge in [-0.15, -0.1) is 0 Å². The van der Waals surface area contributed by atoms with Crippen molar-refractivity contribution in [3.8, 4) is 0 Å². The predicted octanol–water partition coefficient (Wildman–Crippen LogP) is 3.97. The average molecular weight is 273 g/mol. The first-order valence-electron chi connectivity index (χ1n) is 7.62. The van der Waals surface area contributed by atoms with E-state index in [0.29, 0.717) is 6.42 Å². The average Bonchev–Trinajstić information content (AvgIpc) is 2.45. The molecule has 0 fully saturated rings. The van der Waals surface area contributed by atoms with E-state index in [9.17, 15) is 9.59 Å². The Bertz CT molecular complexity index is 502. The minimum absolute atomic E-state index is 0.0615. The molecule has 0 aliphatic carbocycles. The number of nitrogens with one attached hydrogen (secondary N) is 1. The van der Waals surface area contributed by atoms with Crippen LogP contribution in [0.15, 0.2) is 18.2 Å². The summed E-state index contributed by atoms with van der Waals surface area (Å²) >= 11 is 0. The maximum absolute atomic E-state index is 12.6. The van der Waals surface area contributed by atoms with Crippen LogP contribution in [-0.4, -0.2) is 11.7 Å². The number of Topliss-reactive ketones (excluding diaryl/α,β-unsaturated/α-hetero) is 1. The van der Waals surface area contributed by atoms with E-state index in [-0.39, 0.29) is 17.6 Å². The maximum atomic E-state index is 12.6. The molecule has 0 bridgehead atoms. The second-order valence-corrected chi connectivity index (χ2v) is 5.56. The summed E-state index contributed by atoms with van der Waals surface area (Å²) in [4.78, 5) is 23.9. The van der Waals surface area contributed by atoms with Crippen LogP contribution >= 0.6 is 0 Å². The third-order valence-electron chi connectivity index (χ3n) is 3.93. The molecule has 1 aliphatic heterocycles. The van der Waals surface area contributed by atoms with E-state index in [0.717, 1.165) is 48.9 Å². The maximum Gasteiger partial charge on any atom is 0.224 e. The first-order valence-corrected chi connectivity index (χ1v) is 7.62. The summed E-state index contributed by atoms with van der Waals surface area (Å²) in [6.07, 6.45) is 5.24. The second-order valence-electron chi connectivity index (χ2n) is 5.56. The van der Waals surface area contributed by atoms with Crippen molar-refractivity contribution >= 4 is 17.4 Å². The van der Waals surface area contributed by atoms with Gasteiger partial charge in [-0.2, -0.15) is 0 Å². The van der Waals surface area contributed by atoms with Crippen LogP contribution < -0.4 is 5.32 Å². The molecule has 0 spiro atoms. The highest BCUT2D eigenvalue weighted by molar-refractivity contribution is 6.00. The smallest absolute Gasteiger partial charge is 0.224 e. The number of benzene rings is 1. The van der Waals surface area contributed by atoms with E-state index in [1.807, 2.05) is 18.2 Å². The summed E-state index contributed by atoms with van der Waals surface area (Å²) in [5.74, 6) is 0.459. The number of carbonyl (C=O) groups is 2. The van der Waals surface area contributed by atoms with Gasteiger partial charge in [-0.05, 0) is 43.0 Å². The van der Waals surface area contributed by atoms with E-state index in [1.165, 1.54) is 0 Å². The van der Waals surface area contributed by atoms with Crippen molar-refractivity contribution in [1.29, 1.82) is 0 Å². The Labute approximate surface area is 120 Å². The SMILES string of the molecule is CCCC(CCC)C(=O)c1ccc2c(c1)CCC(=O)N2. The number of rotatable bonds is 6. The highest BCUT2D eigenvalue weighted by atomic mass is 16.1. The Kier molecular flexibility index (Phi) is 4.94. The van der Waals surface area contributed by atoms with Gasteiger partial charge in [0.15, 0.2) is 5.78 Å². The van der Waals surface area contributed by atoms with Crippen LogP contribution in [0.2, 0.25) is 0 Å². The van der Waals surface area contributed by atoms with Gasteiger partial charge in [0, 0.05) is 23.6 Å². The zero-order valence-corrected chi connectivity index (χ0v) is 12.4. The molecule has 1 aliphatic rings. The molecule has 1 N–H and O–H groups in total. The quantitative estimate of drug-likeness (QED) is 0.797. The zero-order valence-electron chi connectivity index (χ0n) is 12.4. The molecule has 108 valence electrons. The van der Waals surface area contributed by atoms with Gasteiger partial charge < -0.3 is 5.32 Å². The fraction of sp³-hybridized carbons (Fsp3) is 0.529. The van der Waals surface area contributed by atoms with Crippen molar-refractivity contribution in [2.45, 2.75) is 52.4 Å². The molecule has 0 atom stereocenters. The van der Waals surface area contributed by atoms with Crippen LogP contribution in [0.4, 0.5) is 5.69 Å². The summed E-state index contributed by atoms with van der Waals surface area (Å²) in [5.41, 5.74) is 2.74. The van der Waals surface area contributed by atoms with Gasteiger partial charge in [0.05, 0.1) is 0 Å². The summed E-state index contributed by atoms with van der Waals surface area (Å²) < 4.78 is 0. The molecule has 1 aromatic rings. The largest absolute Gasteiger partial charge is 0.326 e. The Morgan fingerprint density at radius 1 is 1.20 bits per heavy atom. The number of hydrogen-bond acceptors (Lipinski definition) is 2. The molecule has 3 heteroatoms. The number of hydrogen-bond donors (Lipinski definition) is 1. The number of carbonyl (C=O) groups excluding carboxylic acids is 2. The number of anilines is 1. The molecule has 1 aromatic carbocycles.